The normalized spacial score (nSPS) is 20.0. The van der Waals surface area contributed by atoms with Crippen molar-refractivity contribution in [2.45, 2.75) is 50.2 Å². The maximum atomic E-state index is 12.7. The summed E-state index contributed by atoms with van der Waals surface area (Å²) in [5.41, 5.74) is 4.58. The van der Waals surface area contributed by atoms with Gasteiger partial charge in [0, 0.05) is 24.9 Å². The number of carboxylic acids is 1. The van der Waals surface area contributed by atoms with Gasteiger partial charge in [-0.1, -0.05) is 61.4 Å². The van der Waals surface area contributed by atoms with Gasteiger partial charge in [-0.2, -0.15) is 0 Å². The number of ether oxygens (including phenoxy) is 1. The molecule has 0 spiro atoms. The van der Waals surface area contributed by atoms with Gasteiger partial charge in [0.2, 0.25) is 5.91 Å². The van der Waals surface area contributed by atoms with Gasteiger partial charge in [-0.25, -0.2) is 9.59 Å². The van der Waals surface area contributed by atoms with Crippen LogP contribution in [0.4, 0.5) is 4.79 Å². The van der Waals surface area contributed by atoms with E-state index in [2.05, 4.69) is 34.9 Å². The van der Waals surface area contributed by atoms with Crippen molar-refractivity contribution in [2.75, 3.05) is 13.2 Å². The second-order valence-corrected chi connectivity index (χ2v) is 8.90. The van der Waals surface area contributed by atoms with E-state index in [0.717, 1.165) is 35.1 Å². The highest BCUT2D eigenvalue weighted by atomic mass is 16.5. The van der Waals surface area contributed by atoms with Gasteiger partial charge >= 0.3 is 12.1 Å². The molecule has 3 unspecified atom stereocenters. The van der Waals surface area contributed by atoms with Crippen LogP contribution in [0.15, 0.2) is 48.5 Å². The molecule has 0 aliphatic heterocycles. The number of hydrogen-bond donors (Lipinski definition) is 4. The minimum absolute atomic E-state index is 0.0377. The van der Waals surface area contributed by atoms with Crippen LogP contribution in [0.25, 0.3) is 11.1 Å². The first-order valence-corrected chi connectivity index (χ1v) is 11.8. The fraction of sp³-hybridized carbons (Fsp3) is 0.423. The molecule has 3 atom stereocenters. The van der Waals surface area contributed by atoms with Crippen molar-refractivity contribution in [1.29, 1.82) is 0 Å². The van der Waals surface area contributed by atoms with Gasteiger partial charge in [0.1, 0.15) is 6.61 Å². The third-order valence-electron chi connectivity index (χ3n) is 6.75. The number of aliphatic hydroxyl groups excluding tert-OH is 1. The minimum Gasteiger partial charge on any atom is -0.479 e. The summed E-state index contributed by atoms with van der Waals surface area (Å²) in [6.45, 7) is 0.261. The van der Waals surface area contributed by atoms with Crippen LogP contribution in [-0.2, 0) is 14.3 Å². The Morgan fingerprint density at radius 1 is 0.971 bits per heavy atom. The van der Waals surface area contributed by atoms with Gasteiger partial charge in [0.15, 0.2) is 6.10 Å². The molecular weight excluding hydrogens is 436 g/mol. The van der Waals surface area contributed by atoms with Crippen LogP contribution in [0.3, 0.4) is 0 Å². The number of carboxylic acid groups (broad SMARTS) is 1. The Bertz CT molecular complexity index is 1010. The summed E-state index contributed by atoms with van der Waals surface area (Å²) in [5.74, 6) is -2.02. The number of rotatable bonds is 8. The number of benzene rings is 2. The maximum Gasteiger partial charge on any atom is 0.407 e. The molecule has 2 amide bonds. The maximum absolute atomic E-state index is 12.7. The number of aliphatic carboxylic acids is 1. The lowest BCUT2D eigenvalue weighted by atomic mass is 9.84. The second-order valence-electron chi connectivity index (χ2n) is 8.90. The van der Waals surface area contributed by atoms with E-state index < -0.39 is 24.1 Å². The Morgan fingerprint density at radius 3 is 2.24 bits per heavy atom. The summed E-state index contributed by atoms with van der Waals surface area (Å²) < 4.78 is 5.63. The predicted molar refractivity (Wildman–Crippen MR) is 125 cm³/mol. The zero-order chi connectivity index (χ0) is 24.1. The lowest BCUT2D eigenvalue weighted by Crippen LogP contribution is -2.49. The lowest BCUT2D eigenvalue weighted by Gasteiger charge is -2.31. The molecule has 2 aliphatic carbocycles. The van der Waals surface area contributed by atoms with E-state index in [1.54, 1.807) is 0 Å². The summed E-state index contributed by atoms with van der Waals surface area (Å²) in [5, 5.41) is 23.7. The molecule has 1 saturated carbocycles. The third kappa shape index (κ3) is 5.22. The largest absolute Gasteiger partial charge is 0.479 e. The molecule has 2 aliphatic rings. The van der Waals surface area contributed by atoms with E-state index >= 15 is 0 Å². The highest BCUT2D eigenvalue weighted by molar-refractivity contribution is 5.81. The van der Waals surface area contributed by atoms with Gasteiger partial charge in [-0.05, 0) is 35.1 Å². The van der Waals surface area contributed by atoms with Crippen molar-refractivity contribution in [3.63, 3.8) is 0 Å². The molecule has 0 saturated heterocycles. The summed E-state index contributed by atoms with van der Waals surface area (Å²) in [6, 6.07) is 15.9. The molecule has 0 radical (unpaired) electrons. The van der Waals surface area contributed by atoms with Gasteiger partial charge < -0.3 is 25.6 Å². The molecule has 2 aromatic carbocycles. The van der Waals surface area contributed by atoms with Crippen LogP contribution in [-0.4, -0.2) is 53.5 Å². The molecule has 34 heavy (non-hydrogen) atoms. The average Bonchev–Trinajstić information content (AvgIpc) is 3.16. The molecular formula is C26H30N2O6. The van der Waals surface area contributed by atoms with Crippen molar-refractivity contribution >= 4 is 18.0 Å². The summed E-state index contributed by atoms with van der Waals surface area (Å²) in [7, 11) is 0. The zero-order valence-electron chi connectivity index (χ0n) is 18.9. The predicted octanol–water partition coefficient (Wildman–Crippen LogP) is 3.04. The molecule has 4 rings (SSSR count). The highest BCUT2D eigenvalue weighted by Crippen LogP contribution is 2.44. The molecule has 2 aromatic rings. The van der Waals surface area contributed by atoms with Gasteiger partial charge in [-0.3, -0.25) is 4.79 Å². The van der Waals surface area contributed by atoms with Crippen LogP contribution in [0.5, 0.6) is 0 Å². The number of carbonyl (C=O) groups is 3. The lowest BCUT2D eigenvalue weighted by molar-refractivity contribution is -0.147. The highest BCUT2D eigenvalue weighted by Gasteiger charge is 2.33. The number of aliphatic hydroxyl groups is 1. The number of fused-ring (bicyclic) bond motifs is 3. The third-order valence-corrected chi connectivity index (χ3v) is 6.75. The second kappa shape index (κ2) is 10.7. The van der Waals surface area contributed by atoms with Crippen LogP contribution >= 0.6 is 0 Å². The van der Waals surface area contributed by atoms with E-state index in [-0.39, 0.29) is 37.4 Å². The fourth-order valence-corrected chi connectivity index (χ4v) is 5.00. The van der Waals surface area contributed by atoms with Crippen LogP contribution in [0.2, 0.25) is 0 Å². The van der Waals surface area contributed by atoms with Crippen LogP contribution < -0.4 is 10.6 Å². The fourth-order valence-electron chi connectivity index (χ4n) is 5.00. The van der Waals surface area contributed by atoms with E-state index in [9.17, 15) is 19.5 Å². The first-order valence-electron chi connectivity index (χ1n) is 11.8. The van der Waals surface area contributed by atoms with Gasteiger partial charge in [0.25, 0.3) is 0 Å². The Kier molecular flexibility index (Phi) is 7.47. The topological polar surface area (TPSA) is 125 Å². The molecule has 8 nitrogen and oxygen atoms in total. The van der Waals surface area contributed by atoms with Gasteiger partial charge in [-0.15, -0.1) is 0 Å². The molecule has 0 aromatic heterocycles. The number of hydrogen-bond acceptors (Lipinski definition) is 5. The van der Waals surface area contributed by atoms with E-state index in [4.69, 9.17) is 9.84 Å². The quantitative estimate of drug-likeness (QED) is 0.474. The smallest absolute Gasteiger partial charge is 0.407 e. The molecule has 8 heteroatoms. The molecule has 4 N–H and O–H groups in total. The Balaban J connectivity index is 1.33. The average molecular weight is 467 g/mol. The Morgan fingerprint density at radius 2 is 1.59 bits per heavy atom. The number of alkyl carbamates (subject to hydrolysis) is 1. The number of carbonyl (C=O) groups excluding carboxylic acids is 2. The molecule has 180 valence electrons. The summed E-state index contributed by atoms with van der Waals surface area (Å²) >= 11 is 0. The van der Waals surface area contributed by atoms with Crippen LogP contribution in [0.1, 0.15) is 49.1 Å². The summed E-state index contributed by atoms with van der Waals surface area (Å²) in [4.78, 5) is 36.0. The minimum atomic E-state index is -1.51. The van der Waals surface area contributed by atoms with Crippen molar-refractivity contribution in [2.24, 2.45) is 5.92 Å². The van der Waals surface area contributed by atoms with E-state index in [0.29, 0.717) is 12.8 Å². The van der Waals surface area contributed by atoms with Crippen molar-refractivity contribution in [1.82, 2.24) is 10.6 Å². The standard InChI is InChI=1S/C26H30N2O6/c29-23(25(31)32)13-14-27-24(30)20-11-5-6-12-22(20)28-26(33)34-15-21-18-9-3-1-7-16(18)17-8-2-4-10-19(17)21/h1-4,7-10,20-23,29H,5-6,11-15H2,(H,27,30)(H,28,33)(H,31,32). The van der Waals surface area contributed by atoms with Gasteiger partial charge in [0.05, 0.1) is 5.92 Å². The Hall–Kier alpha value is -3.39. The Labute approximate surface area is 198 Å². The van der Waals surface area contributed by atoms with Crippen LogP contribution in [0, 0.1) is 5.92 Å². The van der Waals surface area contributed by atoms with Crippen molar-refractivity contribution in [3.05, 3.63) is 59.7 Å². The first-order chi connectivity index (χ1) is 16.5. The molecule has 0 bridgehead atoms. The monoisotopic (exact) mass is 466 g/mol. The van der Waals surface area contributed by atoms with E-state index in [1.807, 2.05) is 24.3 Å². The van der Waals surface area contributed by atoms with Crippen molar-refractivity contribution < 1.29 is 29.3 Å². The molecule has 0 heterocycles. The zero-order valence-corrected chi connectivity index (χ0v) is 18.9. The number of amides is 2. The first kappa shape index (κ1) is 23.8. The summed E-state index contributed by atoms with van der Waals surface area (Å²) in [6.07, 6.45) is 0.934. The number of nitrogens with one attached hydrogen (secondary N) is 2. The SMILES string of the molecule is O=C(NC1CCCCC1C(=O)NCCC(O)C(=O)O)OCC1c2ccccc2-c2ccccc21. The molecule has 1 fully saturated rings. The van der Waals surface area contributed by atoms with E-state index in [1.165, 1.54) is 0 Å². The van der Waals surface area contributed by atoms with Crippen molar-refractivity contribution in [3.8, 4) is 11.1 Å².